The molecular formula is C29H34N6O5. The monoisotopic (exact) mass is 546 g/mol. The van der Waals surface area contributed by atoms with Crippen molar-refractivity contribution in [3.05, 3.63) is 89.5 Å². The quantitative estimate of drug-likeness (QED) is 0.189. The molecule has 11 heteroatoms. The highest BCUT2D eigenvalue weighted by atomic mass is 16.5. The summed E-state index contributed by atoms with van der Waals surface area (Å²) in [6.45, 7) is 5.47. The van der Waals surface area contributed by atoms with Crippen molar-refractivity contribution in [2.75, 3.05) is 42.3 Å². The predicted octanol–water partition coefficient (Wildman–Crippen LogP) is 4.35. The van der Waals surface area contributed by atoms with E-state index in [0.29, 0.717) is 48.8 Å². The third-order valence-corrected chi connectivity index (χ3v) is 5.96. The van der Waals surface area contributed by atoms with E-state index in [2.05, 4.69) is 16.0 Å². The van der Waals surface area contributed by atoms with Gasteiger partial charge in [0.05, 0.1) is 24.6 Å². The Kier molecular flexibility index (Phi) is 10.6. The number of hydrogen-bond acceptors (Lipinski definition) is 6. The van der Waals surface area contributed by atoms with Crippen LogP contribution in [-0.2, 0) is 9.53 Å². The molecule has 1 saturated heterocycles. The van der Waals surface area contributed by atoms with Gasteiger partial charge in [-0.2, -0.15) is 0 Å². The number of urea groups is 1. The van der Waals surface area contributed by atoms with Crippen LogP contribution in [0, 0.1) is 5.41 Å². The number of rotatable bonds is 7. The number of carboxylic acids is 1. The number of amides is 3. The molecule has 3 amide bonds. The first kappa shape index (κ1) is 29.7. The van der Waals surface area contributed by atoms with Crippen molar-refractivity contribution in [1.29, 1.82) is 5.41 Å². The first-order chi connectivity index (χ1) is 19.1. The highest BCUT2D eigenvalue weighted by molar-refractivity contribution is 6.02. The second-order valence-electron chi connectivity index (χ2n) is 9.03. The van der Waals surface area contributed by atoms with E-state index < -0.39 is 12.0 Å². The molecule has 4 rings (SSSR count). The van der Waals surface area contributed by atoms with Crippen molar-refractivity contribution in [2.24, 2.45) is 5.73 Å². The first-order valence-corrected chi connectivity index (χ1v) is 12.7. The molecule has 1 heterocycles. The van der Waals surface area contributed by atoms with Gasteiger partial charge in [0.15, 0.2) is 0 Å². The van der Waals surface area contributed by atoms with Crippen LogP contribution < -0.4 is 21.7 Å². The number of morpholine rings is 1. The number of nitrogen functional groups attached to an aromatic ring is 1. The fraction of sp³-hybridized carbons (Fsp3) is 0.241. The van der Waals surface area contributed by atoms with Crippen LogP contribution in [-0.4, -0.2) is 60.1 Å². The number of carbonyl (C=O) groups is 3. The zero-order chi connectivity index (χ0) is 29.1. The molecule has 1 aliphatic heterocycles. The molecule has 3 aromatic carbocycles. The average molecular weight is 547 g/mol. The summed E-state index contributed by atoms with van der Waals surface area (Å²) in [6, 6.07) is 21.3. The van der Waals surface area contributed by atoms with Crippen molar-refractivity contribution < 1.29 is 24.2 Å². The number of hydrogen-bond donors (Lipinski definition) is 6. The van der Waals surface area contributed by atoms with Crippen molar-refractivity contribution in [3.8, 4) is 0 Å². The Hall–Kier alpha value is -4.90. The number of carbonyl (C=O) groups excluding carboxylic acids is 2. The number of aliphatic carboxylic acids is 1. The van der Waals surface area contributed by atoms with Crippen molar-refractivity contribution in [3.63, 3.8) is 0 Å². The molecular weight excluding hydrogens is 512 g/mol. The molecule has 1 fully saturated rings. The van der Waals surface area contributed by atoms with E-state index in [1.54, 1.807) is 24.3 Å². The molecule has 3 aromatic rings. The van der Waals surface area contributed by atoms with E-state index in [0.717, 1.165) is 18.2 Å². The minimum Gasteiger partial charge on any atom is -0.481 e. The van der Waals surface area contributed by atoms with Crippen molar-refractivity contribution >= 4 is 40.8 Å². The fourth-order valence-corrected chi connectivity index (χ4v) is 3.92. The summed E-state index contributed by atoms with van der Waals surface area (Å²) in [5.74, 6) is -0.847. The van der Waals surface area contributed by atoms with Crippen molar-refractivity contribution in [2.45, 2.75) is 19.9 Å². The van der Waals surface area contributed by atoms with Gasteiger partial charge in [-0.05, 0) is 61.0 Å². The number of carboxylic acid groups (broad SMARTS) is 1. The molecule has 0 aromatic heterocycles. The van der Waals surface area contributed by atoms with Crippen LogP contribution in [0.5, 0.6) is 0 Å². The Morgan fingerprint density at radius 3 is 2.02 bits per heavy atom. The minimum atomic E-state index is -0.833. The fourth-order valence-electron chi connectivity index (χ4n) is 3.92. The lowest BCUT2D eigenvalue weighted by Gasteiger charge is -2.27. The van der Waals surface area contributed by atoms with Crippen LogP contribution in [0.2, 0.25) is 0 Å². The van der Waals surface area contributed by atoms with Gasteiger partial charge in [-0.3, -0.25) is 15.0 Å². The SMILES string of the molecule is CC(=O)O.CC(Nc1ccccc1NC(=O)Nc1ccc(C(=N)N)cc1)c1ccc(C(=O)N2CCOCC2)cc1. The minimum absolute atomic E-state index is 0.0157. The van der Waals surface area contributed by atoms with Gasteiger partial charge < -0.3 is 36.4 Å². The largest absolute Gasteiger partial charge is 0.481 e. The molecule has 0 radical (unpaired) electrons. The van der Waals surface area contributed by atoms with Gasteiger partial charge in [0.25, 0.3) is 11.9 Å². The number of amidine groups is 1. The summed E-state index contributed by atoms with van der Waals surface area (Å²) in [4.78, 5) is 36.1. The molecule has 1 aliphatic rings. The molecule has 11 nitrogen and oxygen atoms in total. The van der Waals surface area contributed by atoms with Gasteiger partial charge in [-0.15, -0.1) is 0 Å². The van der Waals surface area contributed by atoms with Crippen LogP contribution in [0.25, 0.3) is 0 Å². The zero-order valence-corrected chi connectivity index (χ0v) is 22.4. The summed E-state index contributed by atoms with van der Waals surface area (Å²) >= 11 is 0. The third kappa shape index (κ3) is 8.84. The van der Waals surface area contributed by atoms with Gasteiger partial charge in [-0.25, -0.2) is 4.79 Å². The number of ether oxygens (including phenoxy) is 1. The number of anilines is 3. The molecule has 0 saturated carbocycles. The standard InChI is InChI=1S/C27H30N6O3.C2H4O2/c1-18(19-6-8-21(9-7-19)26(34)33-14-16-36-17-15-33)30-23-4-2-3-5-24(23)32-27(35)31-22-12-10-20(11-13-22)25(28)29;1-2(3)4/h2-13,18,30H,14-17H2,1H3,(H3,28,29)(H2,31,32,35);1H3,(H,3,4). The molecule has 0 bridgehead atoms. The topological polar surface area (TPSA) is 170 Å². The van der Waals surface area contributed by atoms with Gasteiger partial charge in [0, 0.05) is 42.9 Å². The van der Waals surface area contributed by atoms with Crippen molar-refractivity contribution in [1.82, 2.24) is 4.90 Å². The smallest absolute Gasteiger partial charge is 0.323 e. The second kappa shape index (κ2) is 14.3. The van der Waals surface area contributed by atoms with E-state index in [1.807, 2.05) is 60.4 Å². The van der Waals surface area contributed by atoms with Crippen LogP contribution in [0.4, 0.5) is 21.9 Å². The maximum atomic E-state index is 12.7. The lowest BCUT2D eigenvalue weighted by Crippen LogP contribution is -2.40. The van der Waals surface area contributed by atoms with Gasteiger partial charge in [0.1, 0.15) is 5.84 Å². The van der Waals surface area contributed by atoms with Crippen LogP contribution in [0.1, 0.15) is 41.4 Å². The Morgan fingerprint density at radius 1 is 0.900 bits per heavy atom. The number of nitrogens with two attached hydrogens (primary N) is 1. The maximum Gasteiger partial charge on any atom is 0.323 e. The lowest BCUT2D eigenvalue weighted by molar-refractivity contribution is -0.134. The Labute approximate surface area is 232 Å². The van der Waals surface area contributed by atoms with E-state index in [-0.39, 0.29) is 17.8 Å². The van der Waals surface area contributed by atoms with Gasteiger partial charge in [-0.1, -0.05) is 24.3 Å². The highest BCUT2D eigenvalue weighted by Gasteiger charge is 2.19. The maximum absolute atomic E-state index is 12.7. The predicted molar refractivity (Wildman–Crippen MR) is 155 cm³/mol. The van der Waals surface area contributed by atoms with E-state index >= 15 is 0 Å². The van der Waals surface area contributed by atoms with E-state index in [4.69, 9.17) is 25.8 Å². The molecule has 1 atom stereocenters. The van der Waals surface area contributed by atoms with Gasteiger partial charge in [0.2, 0.25) is 0 Å². The number of para-hydroxylation sites is 2. The number of nitrogens with one attached hydrogen (secondary N) is 4. The third-order valence-electron chi connectivity index (χ3n) is 5.96. The van der Waals surface area contributed by atoms with Crippen LogP contribution in [0.15, 0.2) is 72.8 Å². The molecule has 0 spiro atoms. The number of benzene rings is 3. The second-order valence-corrected chi connectivity index (χ2v) is 9.03. The van der Waals surface area contributed by atoms with E-state index in [1.165, 1.54) is 0 Å². The molecule has 1 unspecified atom stereocenters. The highest BCUT2D eigenvalue weighted by Crippen LogP contribution is 2.27. The van der Waals surface area contributed by atoms with E-state index in [9.17, 15) is 9.59 Å². The zero-order valence-electron chi connectivity index (χ0n) is 22.4. The lowest BCUT2D eigenvalue weighted by atomic mass is 10.0. The summed E-state index contributed by atoms with van der Waals surface area (Å²) in [7, 11) is 0. The Morgan fingerprint density at radius 2 is 1.45 bits per heavy atom. The van der Waals surface area contributed by atoms with Crippen LogP contribution >= 0.6 is 0 Å². The summed E-state index contributed by atoms with van der Waals surface area (Å²) < 4.78 is 5.32. The average Bonchev–Trinajstić information content (AvgIpc) is 2.94. The van der Waals surface area contributed by atoms with Gasteiger partial charge >= 0.3 is 6.03 Å². The summed E-state index contributed by atoms with van der Waals surface area (Å²) in [5, 5.41) is 24.0. The molecule has 0 aliphatic carbocycles. The normalized spacial score (nSPS) is 13.2. The molecule has 210 valence electrons. The Bertz CT molecular complexity index is 1320. The first-order valence-electron chi connectivity index (χ1n) is 12.7. The van der Waals surface area contributed by atoms with Crippen LogP contribution in [0.3, 0.4) is 0 Å². The number of nitrogens with zero attached hydrogens (tertiary/aromatic N) is 1. The Balaban J connectivity index is 0.00000103. The summed E-state index contributed by atoms with van der Waals surface area (Å²) in [6.07, 6.45) is 0. The molecule has 40 heavy (non-hydrogen) atoms. The molecule has 7 N–H and O–H groups in total. The summed E-state index contributed by atoms with van der Waals surface area (Å²) in [5.41, 5.74) is 9.70.